The van der Waals surface area contributed by atoms with E-state index in [-0.39, 0.29) is 5.43 Å². The maximum absolute atomic E-state index is 12.5. The highest BCUT2D eigenvalue weighted by Crippen LogP contribution is 2.27. The van der Waals surface area contributed by atoms with Gasteiger partial charge in [-0.3, -0.25) is 4.79 Å². The number of rotatable bonds is 2. The van der Waals surface area contributed by atoms with Gasteiger partial charge in [-0.2, -0.15) is 0 Å². The van der Waals surface area contributed by atoms with Crippen LogP contribution in [0.3, 0.4) is 0 Å². The Kier molecular flexibility index (Phi) is 3.58. The topological polar surface area (TPSA) is 56.5 Å². The SMILES string of the molecule is Cc1ccc(C2=C/C(=C\c3coc4ccccc4c3=O)C(=O)O2)cc1. The molecule has 25 heavy (non-hydrogen) atoms. The van der Waals surface area contributed by atoms with E-state index >= 15 is 0 Å². The molecule has 0 saturated carbocycles. The highest BCUT2D eigenvalue weighted by molar-refractivity contribution is 6.05. The molecule has 1 aliphatic rings. The van der Waals surface area contributed by atoms with E-state index in [0.29, 0.717) is 27.9 Å². The van der Waals surface area contributed by atoms with Crippen molar-refractivity contribution in [2.24, 2.45) is 0 Å². The Bertz CT molecular complexity index is 1100. The molecule has 1 aliphatic heterocycles. The van der Waals surface area contributed by atoms with Crippen molar-refractivity contribution in [1.29, 1.82) is 0 Å². The van der Waals surface area contributed by atoms with E-state index < -0.39 is 5.97 Å². The van der Waals surface area contributed by atoms with Crippen LogP contribution >= 0.6 is 0 Å². The standard InChI is InChI=1S/C21H14O4/c1-13-6-8-14(9-7-13)19-11-15(21(23)25-19)10-16-12-24-18-5-3-2-4-17(18)20(16)22/h2-12H,1H3/b15-10+. The minimum Gasteiger partial charge on any atom is -0.463 e. The first-order valence-corrected chi connectivity index (χ1v) is 7.85. The van der Waals surface area contributed by atoms with Gasteiger partial charge >= 0.3 is 5.97 Å². The van der Waals surface area contributed by atoms with E-state index in [1.54, 1.807) is 30.3 Å². The summed E-state index contributed by atoms with van der Waals surface area (Å²) < 4.78 is 10.8. The van der Waals surface area contributed by atoms with Crippen LogP contribution in [0.15, 0.2) is 75.7 Å². The Morgan fingerprint density at radius 3 is 2.52 bits per heavy atom. The Labute approximate surface area is 143 Å². The van der Waals surface area contributed by atoms with Gasteiger partial charge in [-0.25, -0.2) is 4.79 Å². The number of para-hydroxylation sites is 1. The number of esters is 1. The van der Waals surface area contributed by atoms with Crippen LogP contribution in [0.1, 0.15) is 16.7 Å². The molecule has 0 unspecified atom stereocenters. The van der Waals surface area contributed by atoms with Crippen molar-refractivity contribution in [3.05, 3.63) is 93.4 Å². The molecule has 0 spiro atoms. The zero-order chi connectivity index (χ0) is 17.4. The van der Waals surface area contributed by atoms with Gasteiger partial charge in [0.25, 0.3) is 0 Å². The number of fused-ring (bicyclic) bond motifs is 1. The minimum absolute atomic E-state index is 0.181. The molecule has 0 fully saturated rings. The van der Waals surface area contributed by atoms with Gasteiger partial charge < -0.3 is 9.15 Å². The van der Waals surface area contributed by atoms with Gasteiger partial charge in [0.05, 0.1) is 16.5 Å². The molecule has 2 aromatic carbocycles. The number of carbonyl (C=O) groups excluding carboxylic acids is 1. The first kappa shape index (κ1) is 15.1. The Hall–Kier alpha value is -3.40. The van der Waals surface area contributed by atoms with Crippen molar-refractivity contribution in [1.82, 2.24) is 0 Å². The molecule has 0 saturated heterocycles. The number of cyclic esters (lactones) is 1. The van der Waals surface area contributed by atoms with Gasteiger partial charge in [0.2, 0.25) is 0 Å². The van der Waals surface area contributed by atoms with E-state index in [4.69, 9.17) is 9.15 Å². The second-order valence-corrected chi connectivity index (χ2v) is 5.88. The van der Waals surface area contributed by atoms with Crippen LogP contribution in [-0.2, 0) is 9.53 Å². The number of hydrogen-bond donors (Lipinski definition) is 0. The first-order chi connectivity index (χ1) is 12.1. The average Bonchev–Trinajstić information content (AvgIpc) is 2.99. The van der Waals surface area contributed by atoms with Crippen LogP contribution in [0.2, 0.25) is 0 Å². The monoisotopic (exact) mass is 330 g/mol. The molecule has 4 heteroatoms. The molecule has 3 aromatic rings. The fourth-order valence-corrected chi connectivity index (χ4v) is 2.71. The van der Waals surface area contributed by atoms with Crippen molar-refractivity contribution >= 4 is 28.8 Å². The largest absolute Gasteiger partial charge is 0.463 e. The third kappa shape index (κ3) is 2.78. The summed E-state index contributed by atoms with van der Waals surface area (Å²) in [6.07, 6.45) is 4.51. The normalized spacial score (nSPS) is 15.5. The summed E-state index contributed by atoms with van der Waals surface area (Å²) in [5, 5.41) is 0.478. The van der Waals surface area contributed by atoms with Crippen LogP contribution in [0.4, 0.5) is 0 Å². The molecule has 0 radical (unpaired) electrons. The predicted molar refractivity (Wildman–Crippen MR) is 95.7 cm³/mol. The zero-order valence-corrected chi connectivity index (χ0v) is 13.5. The van der Waals surface area contributed by atoms with Crippen molar-refractivity contribution in [2.75, 3.05) is 0 Å². The van der Waals surface area contributed by atoms with E-state index in [0.717, 1.165) is 11.1 Å². The summed E-state index contributed by atoms with van der Waals surface area (Å²) in [5.74, 6) is -0.00967. The maximum Gasteiger partial charge on any atom is 0.343 e. The van der Waals surface area contributed by atoms with Crippen LogP contribution in [0.25, 0.3) is 22.8 Å². The molecule has 0 N–H and O–H groups in total. The molecule has 2 heterocycles. The molecule has 4 rings (SSSR count). The molecule has 0 aliphatic carbocycles. The number of aryl methyl sites for hydroxylation is 1. The fraction of sp³-hybridized carbons (Fsp3) is 0.0476. The first-order valence-electron chi connectivity index (χ1n) is 7.85. The smallest absolute Gasteiger partial charge is 0.343 e. The quantitative estimate of drug-likeness (QED) is 0.525. The van der Waals surface area contributed by atoms with Gasteiger partial charge in [0.1, 0.15) is 17.6 Å². The van der Waals surface area contributed by atoms with Crippen molar-refractivity contribution in [3.63, 3.8) is 0 Å². The minimum atomic E-state index is -0.483. The molecular formula is C21H14O4. The number of ether oxygens (including phenoxy) is 1. The predicted octanol–water partition coefficient (Wildman–Crippen LogP) is 4.08. The second kappa shape index (κ2) is 5.91. The molecular weight excluding hydrogens is 316 g/mol. The van der Waals surface area contributed by atoms with Crippen molar-refractivity contribution in [2.45, 2.75) is 6.92 Å². The van der Waals surface area contributed by atoms with E-state index in [1.165, 1.54) is 12.3 Å². The lowest BCUT2D eigenvalue weighted by Gasteiger charge is -2.01. The van der Waals surface area contributed by atoms with Crippen LogP contribution < -0.4 is 5.43 Å². The summed E-state index contributed by atoms with van der Waals surface area (Å²) in [4.78, 5) is 24.7. The van der Waals surface area contributed by atoms with Gasteiger partial charge in [0.15, 0.2) is 5.43 Å². The van der Waals surface area contributed by atoms with Crippen molar-refractivity contribution < 1.29 is 13.9 Å². The summed E-state index contributed by atoms with van der Waals surface area (Å²) in [5.41, 5.74) is 2.90. The van der Waals surface area contributed by atoms with E-state index in [9.17, 15) is 9.59 Å². The molecule has 0 bridgehead atoms. The molecule has 0 amide bonds. The fourth-order valence-electron chi connectivity index (χ4n) is 2.71. The third-order valence-corrected chi connectivity index (χ3v) is 4.08. The summed E-state index contributed by atoms with van der Waals surface area (Å²) in [7, 11) is 0. The number of hydrogen-bond acceptors (Lipinski definition) is 4. The van der Waals surface area contributed by atoms with Crippen molar-refractivity contribution in [3.8, 4) is 0 Å². The molecule has 1 aromatic heterocycles. The highest BCUT2D eigenvalue weighted by Gasteiger charge is 2.22. The van der Waals surface area contributed by atoms with Crippen LogP contribution in [0, 0.1) is 6.92 Å². The van der Waals surface area contributed by atoms with E-state index in [1.807, 2.05) is 31.2 Å². The Balaban J connectivity index is 1.76. The second-order valence-electron chi connectivity index (χ2n) is 5.88. The van der Waals surface area contributed by atoms with Gasteiger partial charge in [0, 0.05) is 5.56 Å². The molecule has 122 valence electrons. The lowest BCUT2D eigenvalue weighted by atomic mass is 10.1. The van der Waals surface area contributed by atoms with Gasteiger partial charge in [-0.05, 0) is 31.2 Å². The Morgan fingerprint density at radius 1 is 0.960 bits per heavy atom. The summed E-state index contributed by atoms with van der Waals surface area (Å²) >= 11 is 0. The lowest BCUT2D eigenvalue weighted by Crippen LogP contribution is -2.06. The van der Waals surface area contributed by atoms with Crippen LogP contribution in [-0.4, -0.2) is 5.97 Å². The molecule has 4 nitrogen and oxygen atoms in total. The lowest BCUT2D eigenvalue weighted by molar-refractivity contribution is -0.130. The summed E-state index contributed by atoms with van der Waals surface area (Å²) in [6, 6.07) is 14.7. The van der Waals surface area contributed by atoms with E-state index in [2.05, 4.69) is 0 Å². The highest BCUT2D eigenvalue weighted by atomic mass is 16.5. The van der Waals surface area contributed by atoms with Gasteiger partial charge in [-0.1, -0.05) is 42.0 Å². The van der Waals surface area contributed by atoms with Crippen LogP contribution in [0.5, 0.6) is 0 Å². The summed E-state index contributed by atoms with van der Waals surface area (Å²) in [6.45, 7) is 1.99. The van der Waals surface area contributed by atoms with Gasteiger partial charge in [-0.15, -0.1) is 0 Å². The average molecular weight is 330 g/mol. The molecule has 0 atom stereocenters. The Morgan fingerprint density at radius 2 is 1.72 bits per heavy atom. The number of benzene rings is 2. The maximum atomic E-state index is 12.5. The number of carbonyl (C=O) groups is 1. The third-order valence-electron chi connectivity index (χ3n) is 4.08. The zero-order valence-electron chi connectivity index (χ0n) is 13.5.